The highest BCUT2D eigenvalue weighted by atomic mass is 32.1. The van der Waals surface area contributed by atoms with Crippen molar-refractivity contribution in [2.75, 3.05) is 20.1 Å². The van der Waals surface area contributed by atoms with Crippen LogP contribution < -0.4 is 5.32 Å². The third-order valence-corrected chi connectivity index (χ3v) is 3.52. The van der Waals surface area contributed by atoms with Crippen molar-refractivity contribution >= 4 is 17.2 Å². The Morgan fingerprint density at radius 1 is 1.73 bits per heavy atom. The Bertz CT molecular complexity index is 317. The zero-order valence-electron chi connectivity index (χ0n) is 8.90. The van der Waals surface area contributed by atoms with Gasteiger partial charge in [-0.05, 0) is 35.4 Å². The minimum atomic E-state index is 0.189. The summed E-state index contributed by atoms with van der Waals surface area (Å²) in [6.07, 6.45) is 0.979. The van der Waals surface area contributed by atoms with E-state index in [0.717, 1.165) is 26.1 Å². The van der Waals surface area contributed by atoms with E-state index < -0.39 is 0 Å². The van der Waals surface area contributed by atoms with E-state index in [9.17, 15) is 4.79 Å². The third kappa shape index (κ3) is 2.58. The van der Waals surface area contributed by atoms with Crippen LogP contribution in [-0.4, -0.2) is 30.9 Å². The van der Waals surface area contributed by atoms with Gasteiger partial charge >= 0.3 is 0 Å². The van der Waals surface area contributed by atoms with Gasteiger partial charge in [0, 0.05) is 20.1 Å². The molecule has 0 radical (unpaired) electrons. The van der Waals surface area contributed by atoms with Crippen LogP contribution in [-0.2, 0) is 11.3 Å². The molecule has 82 valence electrons. The molecule has 1 aromatic rings. The van der Waals surface area contributed by atoms with Crippen LogP contribution in [0.25, 0.3) is 0 Å². The molecular weight excluding hydrogens is 208 g/mol. The first kappa shape index (κ1) is 10.6. The predicted molar refractivity (Wildman–Crippen MR) is 61.8 cm³/mol. The van der Waals surface area contributed by atoms with Crippen LogP contribution in [0.1, 0.15) is 12.0 Å². The molecule has 0 bridgehead atoms. The number of hydrogen-bond donors (Lipinski definition) is 1. The minimum absolute atomic E-state index is 0.189. The minimum Gasteiger partial charge on any atom is -0.341 e. The van der Waals surface area contributed by atoms with Gasteiger partial charge in [0.1, 0.15) is 0 Å². The fraction of sp³-hybridized carbons (Fsp3) is 0.545. The Morgan fingerprint density at radius 3 is 3.20 bits per heavy atom. The summed E-state index contributed by atoms with van der Waals surface area (Å²) in [5.74, 6) is 0.458. The molecule has 0 spiro atoms. The second kappa shape index (κ2) is 4.77. The molecule has 15 heavy (non-hydrogen) atoms. The van der Waals surface area contributed by atoms with E-state index in [4.69, 9.17) is 0 Å². The van der Waals surface area contributed by atoms with E-state index in [1.165, 1.54) is 5.56 Å². The standard InChI is InChI=1S/C11H16N2OS/c1-13(7-9-3-5-15-8-9)11(14)10-2-4-12-6-10/h3,5,8,10,12H,2,4,6-7H2,1H3. The van der Waals surface area contributed by atoms with Gasteiger partial charge in [-0.25, -0.2) is 0 Å². The fourth-order valence-electron chi connectivity index (χ4n) is 1.91. The van der Waals surface area contributed by atoms with Crippen LogP contribution in [0.15, 0.2) is 16.8 Å². The topological polar surface area (TPSA) is 32.3 Å². The van der Waals surface area contributed by atoms with Crippen molar-refractivity contribution in [3.05, 3.63) is 22.4 Å². The first-order chi connectivity index (χ1) is 7.27. The summed E-state index contributed by atoms with van der Waals surface area (Å²) >= 11 is 1.68. The zero-order chi connectivity index (χ0) is 10.7. The van der Waals surface area contributed by atoms with Crippen LogP contribution in [0, 0.1) is 5.92 Å². The van der Waals surface area contributed by atoms with Gasteiger partial charge in [0.2, 0.25) is 5.91 Å². The third-order valence-electron chi connectivity index (χ3n) is 2.79. The average Bonchev–Trinajstić information content (AvgIpc) is 2.88. The number of nitrogens with zero attached hydrogens (tertiary/aromatic N) is 1. The molecule has 1 atom stereocenters. The number of amides is 1. The number of carbonyl (C=O) groups is 1. The molecule has 0 aromatic carbocycles. The van der Waals surface area contributed by atoms with Crippen LogP contribution >= 0.6 is 11.3 Å². The van der Waals surface area contributed by atoms with E-state index in [1.807, 2.05) is 17.3 Å². The monoisotopic (exact) mass is 224 g/mol. The SMILES string of the molecule is CN(Cc1ccsc1)C(=O)C1CCNC1. The van der Waals surface area contributed by atoms with Crippen molar-refractivity contribution in [2.24, 2.45) is 5.92 Å². The summed E-state index contributed by atoms with van der Waals surface area (Å²) < 4.78 is 0. The number of rotatable bonds is 3. The van der Waals surface area contributed by atoms with Crippen molar-refractivity contribution < 1.29 is 4.79 Å². The summed E-state index contributed by atoms with van der Waals surface area (Å²) in [7, 11) is 1.89. The Kier molecular flexibility index (Phi) is 3.38. The van der Waals surface area contributed by atoms with E-state index in [2.05, 4.69) is 16.8 Å². The number of nitrogens with one attached hydrogen (secondary N) is 1. The largest absolute Gasteiger partial charge is 0.341 e. The van der Waals surface area contributed by atoms with E-state index >= 15 is 0 Å². The van der Waals surface area contributed by atoms with E-state index in [1.54, 1.807) is 11.3 Å². The van der Waals surface area contributed by atoms with Crippen molar-refractivity contribution in [1.82, 2.24) is 10.2 Å². The first-order valence-electron chi connectivity index (χ1n) is 5.24. The predicted octanol–water partition coefficient (Wildman–Crippen LogP) is 1.32. The van der Waals surface area contributed by atoms with Gasteiger partial charge in [0.05, 0.1) is 5.92 Å². The second-order valence-corrected chi connectivity index (χ2v) is 4.80. The molecule has 2 heterocycles. The quantitative estimate of drug-likeness (QED) is 0.839. The summed E-state index contributed by atoms with van der Waals surface area (Å²) in [6, 6.07) is 2.07. The van der Waals surface area contributed by atoms with Crippen molar-refractivity contribution in [1.29, 1.82) is 0 Å². The lowest BCUT2D eigenvalue weighted by molar-refractivity contribution is -0.134. The molecule has 1 N–H and O–H groups in total. The molecular formula is C11H16N2OS. The Morgan fingerprint density at radius 2 is 2.60 bits per heavy atom. The molecule has 1 unspecified atom stereocenters. The normalized spacial score (nSPS) is 20.5. The smallest absolute Gasteiger partial charge is 0.227 e. The van der Waals surface area contributed by atoms with Crippen molar-refractivity contribution in [3.63, 3.8) is 0 Å². The molecule has 1 aliphatic rings. The molecule has 2 rings (SSSR count). The molecule has 4 heteroatoms. The maximum absolute atomic E-state index is 12.0. The highest BCUT2D eigenvalue weighted by molar-refractivity contribution is 7.07. The number of hydrogen-bond acceptors (Lipinski definition) is 3. The summed E-state index contributed by atoms with van der Waals surface area (Å²) in [4.78, 5) is 13.8. The van der Waals surface area contributed by atoms with Gasteiger partial charge in [-0.1, -0.05) is 0 Å². The Hall–Kier alpha value is -0.870. The van der Waals surface area contributed by atoms with Crippen LogP contribution in [0.5, 0.6) is 0 Å². The summed E-state index contributed by atoms with van der Waals surface area (Å²) in [6.45, 7) is 2.55. The van der Waals surface area contributed by atoms with Crippen LogP contribution in [0.4, 0.5) is 0 Å². The Labute approximate surface area is 94.1 Å². The molecule has 0 aliphatic carbocycles. The van der Waals surface area contributed by atoms with Gasteiger partial charge in [-0.15, -0.1) is 0 Å². The lowest BCUT2D eigenvalue weighted by atomic mass is 10.1. The molecule has 1 saturated heterocycles. The molecule has 0 saturated carbocycles. The molecule has 1 fully saturated rings. The maximum atomic E-state index is 12.0. The van der Waals surface area contributed by atoms with Gasteiger partial charge in [0.25, 0.3) is 0 Å². The molecule has 1 aromatic heterocycles. The highest BCUT2D eigenvalue weighted by Gasteiger charge is 2.25. The molecule has 3 nitrogen and oxygen atoms in total. The lowest BCUT2D eigenvalue weighted by Crippen LogP contribution is -2.33. The van der Waals surface area contributed by atoms with Crippen molar-refractivity contribution in [2.45, 2.75) is 13.0 Å². The highest BCUT2D eigenvalue weighted by Crippen LogP contribution is 2.14. The summed E-state index contributed by atoms with van der Waals surface area (Å²) in [5, 5.41) is 7.36. The average molecular weight is 224 g/mol. The summed E-state index contributed by atoms with van der Waals surface area (Å²) in [5.41, 5.74) is 1.22. The van der Waals surface area contributed by atoms with Crippen LogP contribution in [0.3, 0.4) is 0 Å². The van der Waals surface area contributed by atoms with E-state index in [-0.39, 0.29) is 11.8 Å². The second-order valence-electron chi connectivity index (χ2n) is 4.02. The fourth-order valence-corrected chi connectivity index (χ4v) is 2.57. The van der Waals surface area contributed by atoms with E-state index in [0.29, 0.717) is 0 Å². The van der Waals surface area contributed by atoms with Gasteiger partial charge in [0.15, 0.2) is 0 Å². The first-order valence-corrected chi connectivity index (χ1v) is 6.18. The maximum Gasteiger partial charge on any atom is 0.227 e. The molecule has 1 amide bonds. The van der Waals surface area contributed by atoms with Gasteiger partial charge < -0.3 is 10.2 Å². The van der Waals surface area contributed by atoms with Gasteiger partial charge in [-0.2, -0.15) is 11.3 Å². The number of carbonyl (C=O) groups excluding carboxylic acids is 1. The Balaban J connectivity index is 1.89. The van der Waals surface area contributed by atoms with Gasteiger partial charge in [-0.3, -0.25) is 4.79 Å². The van der Waals surface area contributed by atoms with Crippen LogP contribution in [0.2, 0.25) is 0 Å². The number of thiophene rings is 1. The lowest BCUT2D eigenvalue weighted by Gasteiger charge is -2.19. The molecule has 1 aliphatic heterocycles. The van der Waals surface area contributed by atoms with Crippen molar-refractivity contribution in [3.8, 4) is 0 Å². The zero-order valence-corrected chi connectivity index (χ0v) is 9.72.